The summed E-state index contributed by atoms with van der Waals surface area (Å²) in [4.78, 5) is 10.2. The average molecular weight is 559 g/mol. The van der Waals surface area contributed by atoms with E-state index in [9.17, 15) is 0 Å². The van der Waals surface area contributed by atoms with Crippen molar-refractivity contribution in [2.24, 2.45) is 5.92 Å². The lowest BCUT2D eigenvalue weighted by Gasteiger charge is -2.49. The van der Waals surface area contributed by atoms with Crippen LogP contribution >= 0.6 is 23.2 Å². The maximum atomic E-state index is 15.7. The Labute approximate surface area is 228 Å². The number of benzene rings is 1. The number of nitrogens with one attached hydrogen (secondary N) is 2. The van der Waals surface area contributed by atoms with Crippen LogP contribution in [0.4, 0.5) is 14.6 Å². The van der Waals surface area contributed by atoms with Crippen LogP contribution in [0.2, 0.25) is 10.0 Å². The Bertz CT molecular complexity index is 1500. The van der Waals surface area contributed by atoms with Crippen molar-refractivity contribution < 1.29 is 13.5 Å². The predicted octanol–water partition coefficient (Wildman–Crippen LogP) is 6.32. The summed E-state index contributed by atoms with van der Waals surface area (Å²) in [5.74, 6) is -0.0705. The Balaban J connectivity index is 1.24. The molecule has 2 N–H and O–H groups in total. The highest BCUT2D eigenvalue weighted by Gasteiger charge is 2.41. The van der Waals surface area contributed by atoms with Crippen molar-refractivity contribution in [2.45, 2.75) is 38.3 Å². The van der Waals surface area contributed by atoms with Crippen molar-refractivity contribution >= 4 is 39.9 Å². The lowest BCUT2D eigenvalue weighted by Crippen LogP contribution is -2.68. The first-order valence-corrected chi connectivity index (χ1v) is 13.3. The second-order valence-electron chi connectivity index (χ2n) is 10.4. The second-order valence-corrected chi connectivity index (χ2v) is 11.2. The third-order valence-corrected chi connectivity index (χ3v) is 7.82. The quantitative estimate of drug-likeness (QED) is 0.263. The minimum Gasteiger partial charge on any atom is -0.483 e. The molecule has 2 aliphatic rings. The van der Waals surface area contributed by atoms with Gasteiger partial charge in [-0.25, -0.2) is 13.8 Å². The fraction of sp³-hybridized carbons (Fsp3) is 0.370. The molecule has 0 spiro atoms. The zero-order chi connectivity index (χ0) is 26.6. The molecule has 4 heterocycles. The zero-order valence-corrected chi connectivity index (χ0v) is 22.4. The predicted molar refractivity (Wildman–Crippen MR) is 144 cm³/mol. The molecule has 1 aliphatic carbocycles. The molecule has 0 unspecified atom stereocenters. The van der Waals surface area contributed by atoms with E-state index < -0.39 is 17.7 Å². The van der Waals surface area contributed by atoms with Crippen LogP contribution < -0.4 is 15.0 Å². The van der Waals surface area contributed by atoms with E-state index in [4.69, 9.17) is 27.9 Å². The van der Waals surface area contributed by atoms with Crippen molar-refractivity contribution in [1.29, 1.82) is 0 Å². The number of aromatic amines is 1. The fourth-order valence-corrected chi connectivity index (χ4v) is 5.65. The Morgan fingerprint density at radius 1 is 1.18 bits per heavy atom. The van der Waals surface area contributed by atoms with Gasteiger partial charge in [0.05, 0.1) is 26.5 Å². The van der Waals surface area contributed by atoms with E-state index in [0.717, 1.165) is 12.5 Å². The van der Waals surface area contributed by atoms with Gasteiger partial charge in [-0.1, -0.05) is 23.2 Å². The second kappa shape index (κ2) is 9.63. The highest BCUT2D eigenvalue weighted by atomic mass is 35.5. The molecule has 1 aliphatic heterocycles. The molecule has 38 heavy (non-hydrogen) atoms. The molecule has 11 heteroatoms. The summed E-state index contributed by atoms with van der Waals surface area (Å²) in [7, 11) is 0. The minimum absolute atomic E-state index is 0.0137. The van der Waals surface area contributed by atoms with Crippen molar-refractivity contribution in [3.63, 3.8) is 0 Å². The number of pyridine rings is 2. The van der Waals surface area contributed by atoms with Crippen LogP contribution in [0.1, 0.15) is 38.4 Å². The summed E-state index contributed by atoms with van der Waals surface area (Å²) in [5, 5.41) is 11.5. The van der Waals surface area contributed by atoms with E-state index in [-0.39, 0.29) is 28.2 Å². The van der Waals surface area contributed by atoms with Crippen molar-refractivity contribution in [1.82, 2.24) is 25.5 Å². The zero-order valence-electron chi connectivity index (χ0n) is 20.9. The first-order chi connectivity index (χ1) is 18.2. The van der Waals surface area contributed by atoms with Crippen LogP contribution in [0.15, 0.2) is 36.8 Å². The number of nitrogens with zero attached hydrogens (tertiary/aromatic N) is 4. The molecule has 2 fully saturated rings. The molecule has 0 bridgehead atoms. The first kappa shape index (κ1) is 25.3. The number of anilines is 1. The SMILES string of the molecule is C[C@@H](Oc1ccc2[nH]nc(-c3cnc(N4CC(C)(NCC5CC5)C4)c(F)c3)c2c1F)c1c(Cl)cncc1Cl. The molecule has 0 amide bonds. The summed E-state index contributed by atoms with van der Waals surface area (Å²) in [6.07, 6.45) is 6.34. The summed E-state index contributed by atoms with van der Waals surface area (Å²) in [6, 6.07) is 4.50. The number of H-pyrrole nitrogens is 1. The smallest absolute Gasteiger partial charge is 0.176 e. The topological polar surface area (TPSA) is 79.0 Å². The van der Waals surface area contributed by atoms with Crippen molar-refractivity contribution in [3.05, 3.63) is 64.0 Å². The largest absolute Gasteiger partial charge is 0.483 e. The van der Waals surface area contributed by atoms with Crippen LogP contribution in [0.3, 0.4) is 0 Å². The summed E-state index contributed by atoms with van der Waals surface area (Å²) in [5.41, 5.74) is 1.50. The van der Waals surface area contributed by atoms with Crippen molar-refractivity contribution in [2.75, 3.05) is 24.5 Å². The van der Waals surface area contributed by atoms with Crippen LogP contribution in [0.25, 0.3) is 22.2 Å². The van der Waals surface area contributed by atoms with E-state index in [2.05, 4.69) is 32.4 Å². The van der Waals surface area contributed by atoms with E-state index in [0.29, 0.717) is 39.8 Å². The molecule has 6 rings (SSSR count). The molecule has 1 saturated heterocycles. The number of fused-ring (bicyclic) bond motifs is 1. The minimum atomic E-state index is -0.653. The van der Waals surface area contributed by atoms with Gasteiger partial charge in [-0.05, 0) is 57.4 Å². The standard InChI is InChI=1S/C27H26Cl2F2N6O/c1-14(22-17(28)10-32-11-18(22)29)38-21-6-5-20-23(24(21)31)25(36-35-20)16-7-19(30)26(33-9-16)37-12-27(2,13-37)34-8-15-3-4-15/h5-7,9-11,14-15,34H,3-4,8,12-13H2,1-2H3,(H,35,36)/t14-/m1/s1. The molecule has 7 nitrogen and oxygen atoms in total. The number of ether oxygens (including phenoxy) is 1. The van der Waals surface area contributed by atoms with Crippen molar-refractivity contribution in [3.8, 4) is 17.0 Å². The van der Waals surface area contributed by atoms with E-state index in [1.807, 2.05) is 4.90 Å². The fourth-order valence-electron chi connectivity index (χ4n) is 4.98. The van der Waals surface area contributed by atoms with Gasteiger partial charge in [0.1, 0.15) is 11.8 Å². The lowest BCUT2D eigenvalue weighted by atomic mass is 9.92. The molecule has 3 aromatic heterocycles. The number of hydrogen-bond donors (Lipinski definition) is 2. The summed E-state index contributed by atoms with van der Waals surface area (Å²) >= 11 is 12.5. The van der Waals surface area contributed by atoms with Gasteiger partial charge in [-0.2, -0.15) is 5.10 Å². The molecule has 0 radical (unpaired) electrons. The maximum Gasteiger partial charge on any atom is 0.176 e. The third-order valence-electron chi connectivity index (χ3n) is 7.22. The molecule has 1 atom stereocenters. The van der Waals surface area contributed by atoms with Crippen LogP contribution in [-0.2, 0) is 0 Å². The summed E-state index contributed by atoms with van der Waals surface area (Å²) < 4.78 is 36.8. The molecule has 198 valence electrons. The van der Waals surface area contributed by atoms with Gasteiger partial charge in [0.2, 0.25) is 0 Å². The lowest BCUT2D eigenvalue weighted by molar-refractivity contribution is 0.217. The Hall–Kier alpha value is -3.01. The normalized spacial score (nSPS) is 17.5. The molecule has 1 aromatic carbocycles. The molecular weight excluding hydrogens is 533 g/mol. The molecule has 1 saturated carbocycles. The number of hydrogen-bond acceptors (Lipinski definition) is 6. The van der Waals surface area contributed by atoms with Crippen LogP contribution in [-0.4, -0.2) is 45.3 Å². The van der Waals surface area contributed by atoms with E-state index >= 15 is 8.78 Å². The van der Waals surface area contributed by atoms with Gasteiger partial charge in [-0.15, -0.1) is 0 Å². The van der Waals surface area contributed by atoms with Gasteiger partial charge in [0.15, 0.2) is 23.2 Å². The highest BCUT2D eigenvalue weighted by molar-refractivity contribution is 6.35. The van der Waals surface area contributed by atoms with Crippen LogP contribution in [0.5, 0.6) is 5.75 Å². The maximum absolute atomic E-state index is 15.7. The van der Waals surface area contributed by atoms with E-state index in [1.54, 1.807) is 13.0 Å². The van der Waals surface area contributed by atoms with Gasteiger partial charge < -0.3 is 15.0 Å². The van der Waals surface area contributed by atoms with Gasteiger partial charge in [0.25, 0.3) is 0 Å². The number of aromatic nitrogens is 4. The van der Waals surface area contributed by atoms with Gasteiger partial charge in [0, 0.05) is 42.8 Å². The molecule has 4 aromatic rings. The summed E-state index contributed by atoms with van der Waals surface area (Å²) in [6.45, 7) is 6.21. The van der Waals surface area contributed by atoms with Gasteiger partial charge in [-0.3, -0.25) is 10.1 Å². The first-order valence-electron chi connectivity index (χ1n) is 12.5. The van der Waals surface area contributed by atoms with Crippen LogP contribution in [0, 0.1) is 17.6 Å². The Morgan fingerprint density at radius 3 is 2.61 bits per heavy atom. The van der Waals surface area contributed by atoms with Gasteiger partial charge >= 0.3 is 0 Å². The van der Waals surface area contributed by atoms with E-state index in [1.165, 1.54) is 43.6 Å². The number of rotatable bonds is 8. The number of halogens is 4. The monoisotopic (exact) mass is 558 g/mol. The average Bonchev–Trinajstić information content (AvgIpc) is 3.59. The molecular formula is C27H26Cl2F2N6O. The third kappa shape index (κ3) is 4.67. The Kier molecular flexibility index (Phi) is 6.40. The Morgan fingerprint density at radius 2 is 1.92 bits per heavy atom. The highest BCUT2D eigenvalue weighted by Crippen LogP contribution is 2.38.